The second-order valence-corrected chi connectivity index (χ2v) is 4.71. The molecular weight excluding hydrogens is 266 g/mol. The van der Waals surface area contributed by atoms with E-state index in [-0.39, 0.29) is 5.91 Å². The first-order chi connectivity index (χ1) is 10.2. The van der Waals surface area contributed by atoms with Gasteiger partial charge in [0.25, 0.3) is 5.91 Å². The van der Waals surface area contributed by atoms with E-state index in [0.29, 0.717) is 24.1 Å². The summed E-state index contributed by atoms with van der Waals surface area (Å²) in [5, 5.41) is 12.7. The van der Waals surface area contributed by atoms with Gasteiger partial charge in [0.2, 0.25) is 0 Å². The van der Waals surface area contributed by atoms with Crippen molar-refractivity contribution < 1.29 is 14.7 Å². The molecule has 2 N–H and O–H groups in total. The molecule has 2 rings (SSSR count). The predicted octanol–water partition coefficient (Wildman–Crippen LogP) is 2.35. The lowest BCUT2D eigenvalue weighted by Gasteiger charge is -2.11. The van der Waals surface area contributed by atoms with Crippen LogP contribution in [0.5, 0.6) is 0 Å². The van der Waals surface area contributed by atoms with Crippen LogP contribution in [0.2, 0.25) is 0 Å². The fraction of sp³-hybridized carbons (Fsp3) is 0.176. The van der Waals surface area contributed by atoms with Crippen LogP contribution >= 0.6 is 0 Å². The molecule has 0 fully saturated rings. The molecule has 1 unspecified atom stereocenters. The van der Waals surface area contributed by atoms with Gasteiger partial charge in [-0.1, -0.05) is 42.5 Å². The van der Waals surface area contributed by atoms with Crippen LogP contribution in [0.3, 0.4) is 0 Å². The quantitative estimate of drug-likeness (QED) is 0.800. The van der Waals surface area contributed by atoms with Crippen molar-refractivity contribution in [2.24, 2.45) is 0 Å². The van der Waals surface area contributed by atoms with Gasteiger partial charge in [0.15, 0.2) is 0 Å². The Morgan fingerprint density at radius 1 is 1.10 bits per heavy atom. The van der Waals surface area contributed by atoms with Crippen molar-refractivity contribution in [3.8, 4) is 0 Å². The molecule has 0 spiro atoms. The van der Waals surface area contributed by atoms with Gasteiger partial charge in [-0.2, -0.15) is 0 Å². The van der Waals surface area contributed by atoms with Gasteiger partial charge in [-0.15, -0.1) is 0 Å². The first kappa shape index (κ1) is 14.9. The topological polar surface area (TPSA) is 66.4 Å². The Hall–Kier alpha value is -2.46. The summed E-state index contributed by atoms with van der Waals surface area (Å²) >= 11 is 0. The van der Waals surface area contributed by atoms with Crippen molar-refractivity contribution in [1.29, 1.82) is 0 Å². The summed E-state index contributed by atoms with van der Waals surface area (Å²) in [6.07, 6.45) is 0.587. The van der Waals surface area contributed by atoms with Gasteiger partial charge in [0, 0.05) is 17.7 Å². The second kappa shape index (κ2) is 7.36. The molecule has 0 aliphatic rings. The summed E-state index contributed by atoms with van der Waals surface area (Å²) < 4.78 is 0. The Morgan fingerprint density at radius 2 is 1.76 bits per heavy atom. The first-order valence-electron chi connectivity index (χ1n) is 6.77. The highest BCUT2D eigenvalue weighted by Gasteiger charge is 2.09. The number of aliphatic hydroxyl groups excluding tert-OH is 1. The Labute approximate surface area is 123 Å². The van der Waals surface area contributed by atoms with Crippen LogP contribution in [-0.4, -0.2) is 23.8 Å². The van der Waals surface area contributed by atoms with E-state index in [0.717, 1.165) is 11.8 Å². The standard InChI is InChI=1S/C17H17NO3/c19-12-13-6-8-15(9-7-13)17(21)18-11-10-16(20)14-4-2-1-3-5-14/h1-9,12,16,20H,10-11H2,(H,18,21). The Kier molecular flexibility index (Phi) is 5.23. The summed E-state index contributed by atoms with van der Waals surface area (Å²) in [6.45, 7) is 0.379. The van der Waals surface area contributed by atoms with E-state index in [1.165, 1.54) is 0 Å². The number of aliphatic hydroxyl groups is 1. The van der Waals surface area contributed by atoms with Crippen LogP contribution in [0.1, 0.15) is 38.8 Å². The van der Waals surface area contributed by atoms with Crippen LogP contribution in [0.4, 0.5) is 0 Å². The molecule has 0 aliphatic heterocycles. The van der Waals surface area contributed by atoms with E-state index in [1.54, 1.807) is 24.3 Å². The maximum absolute atomic E-state index is 11.9. The summed E-state index contributed by atoms with van der Waals surface area (Å²) in [5.41, 5.74) is 1.86. The minimum absolute atomic E-state index is 0.215. The molecule has 0 aromatic heterocycles. The predicted molar refractivity (Wildman–Crippen MR) is 80.2 cm³/mol. The maximum atomic E-state index is 11.9. The average Bonchev–Trinajstić information content (AvgIpc) is 2.55. The van der Waals surface area contributed by atoms with E-state index in [9.17, 15) is 14.7 Å². The maximum Gasteiger partial charge on any atom is 0.251 e. The zero-order valence-corrected chi connectivity index (χ0v) is 11.5. The van der Waals surface area contributed by atoms with Gasteiger partial charge in [0.1, 0.15) is 6.29 Å². The molecule has 0 bridgehead atoms. The summed E-state index contributed by atoms with van der Waals surface area (Å²) in [6, 6.07) is 15.7. The van der Waals surface area contributed by atoms with Crippen molar-refractivity contribution >= 4 is 12.2 Å². The highest BCUT2D eigenvalue weighted by molar-refractivity contribution is 5.94. The van der Waals surface area contributed by atoms with Crippen molar-refractivity contribution in [3.63, 3.8) is 0 Å². The highest BCUT2D eigenvalue weighted by atomic mass is 16.3. The van der Waals surface area contributed by atoms with E-state index in [4.69, 9.17) is 0 Å². The molecule has 0 radical (unpaired) electrons. The molecule has 0 aliphatic carbocycles. The number of hydrogen-bond acceptors (Lipinski definition) is 3. The van der Waals surface area contributed by atoms with Gasteiger partial charge < -0.3 is 10.4 Å². The Balaban J connectivity index is 1.82. The molecule has 1 atom stereocenters. The van der Waals surface area contributed by atoms with Gasteiger partial charge in [0.05, 0.1) is 6.10 Å². The third-order valence-electron chi connectivity index (χ3n) is 3.20. The van der Waals surface area contributed by atoms with E-state index in [1.807, 2.05) is 30.3 Å². The molecule has 4 nitrogen and oxygen atoms in total. The number of amides is 1. The molecule has 2 aromatic carbocycles. The fourth-order valence-corrected chi connectivity index (χ4v) is 1.98. The molecule has 4 heteroatoms. The number of aldehydes is 1. The van der Waals surface area contributed by atoms with E-state index in [2.05, 4.69) is 5.32 Å². The number of carbonyl (C=O) groups excluding carboxylic acids is 2. The zero-order chi connectivity index (χ0) is 15.1. The zero-order valence-electron chi connectivity index (χ0n) is 11.5. The smallest absolute Gasteiger partial charge is 0.251 e. The van der Waals surface area contributed by atoms with Crippen LogP contribution in [-0.2, 0) is 0 Å². The lowest BCUT2D eigenvalue weighted by atomic mass is 10.1. The third kappa shape index (κ3) is 4.26. The fourth-order valence-electron chi connectivity index (χ4n) is 1.98. The average molecular weight is 283 g/mol. The van der Waals surface area contributed by atoms with Crippen molar-refractivity contribution in [3.05, 3.63) is 71.3 Å². The van der Waals surface area contributed by atoms with Gasteiger partial charge >= 0.3 is 0 Å². The number of rotatable bonds is 6. The number of nitrogens with one attached hydrogen (secondary N) is 1. The lowest BCUT2D eigenvalue weighted by Crippen LogP contribution is -2.25. The van der Waals surface area contributed by atoms with Crippen LogP contribution in [0.15, 0.2) is 54.6 Å². The van der Waals surface area contributed by atoms with Crippen molar-refractivity contribution in [2.75, 3.05) is 6.54 Å². The monoisotopic (exact) mass is 283 g/mol. The minimum Gasteiger partial charge on any atom is -0.388 e. The molecular formula is C17H17NO3. The SMILES string of the molecule is O=Cc1ccc(C(=O)NCCC(O)c2ccccc2)cc1. The van der Waals surface area contributed by atoms with Crippen LogP contribution in [0.25, 0.3) is 0 Å². The first-order valence-corrected chi connectivity index (χ1v) is 6.77. The number of carbonyl (C=O) groups is 2. The number of hydrogen-bond donors (Lipinski definition) is 2. The molecule has 21 heavy (non-hydrogen) atoms. The lowest BCUT2D eigenvalue weighted by molar-refractivity contribution is 0.0942. The molecule has 0 saturated carbocycles. The van der Waals surface area contributed by atoms with E-state index < -0.39 is 6.10 Å². The Morgan fingerprint density at radius 3 is 2.38 bits per heavy atom. The van der Waals surface area contributed by atoms with Gasteiger partial charge in [-0.05, 0) is 24.1 Å². The largest absolute Gasteiger partial charge is 0.388 e. The molecule has 2 aromatic rings. The Bertz CT molecular complexity index is 593. The molecule has 0 saturated heterocycles. The molecule has 1 amide bonds. The minimum atomic E-state index is -0.594. The third-order valence-corrected chi connectivity index (χ3v) is 3.20. The van der Waals surface area contributed by atoms with Crippen molar-refractivity contribution in [1.82, 2.24) is 5.32 Å². The normalized spacial score (nSPS) is 11.7. The van der Waals surface area contributed by atoms with Crippen molar-refractivity contribution in [2.45, 2.75) is 12.5 Å². The molecule has 108 valence electrons. The highest BCUT2D eigenvalue weighted by Crippen LogP contribution is 2.15. The number of benzene rings is 2. The van der Waals surface area contributed by atoms with Gasteiger partial charge in [-0.3, -0.25) is 9.59 Å². The molecule has 0 heterocycles. The summed E-state index contributed by atoms with van der Waals surface area (Å²) in [4.78, 5) is 22.4. The van der Waals surface area contributed by atoms with Crippen LogP contribution < -0.4 is 5.32 Å². The second-order valence-electron chi connectivity index (χ2n) is 4.71. The van der Waals surface area contributed by atoms with Gasteiger partial charge in [-0.25, -0.2) is 0 Å². The van der Waals surface area contributed by atoms with E-state index >= 15 is 0 Å². The summed E-state index contributed by atoms with van der Waals surface area (Å²) in [5.74, 6) is -0.215. The van der Waals surface area contributed by atoms with Crippen LogP contribution in [0, 0.1) is 0 Å². The summed E-state index contributed by atoms with van der Waals surface area (Å²) in [7, 11) is 0.